The first-order valence-electron chi connectivity index (χ1n) is 2.78. The molecule has 0 fully saturated rings. The zero-order chi connectivity index (χ0) is 8.43. The second kappa shape index (κ2) is 3.15. The van der Waals surface area contributed by atoms with Gasteiger partial charge in [-0.15, -0.1) is 11.3 Å². The molecule has 0 radical (unpaired) electrons. The molecule has 0 spiro atoms. The highest BCUT2D eigenvalue weighted by Crippen LogP contribution is 2.18. The van der Waals surface area contributed by atoms with Crippen LogP contribution in [0.1, 0.15) is 9.67 Å². The largest absolute Gasteiger partial charge is 0.477 e. The summed E-state index contributed by atoms with van der Waals surface area (Å²) >= 11 is 1.05. The quantitative estimate of drug-likeness (QED) is 0.762. The number of hydrogen-bond donors (Lipinski definition) is 1. The Balaban J connectivity index is 2.99. The number of hydrogen-bond acceptors (Lipinski definition) is 3. The van der Waals surface area contributed by atoms with Crippen LogP contribution >= 0.6 is 11.3 Å². The van der Waals surface area contributed by atoms with E-state index in [2.05, 4.69) is 0 Å². The molecule has 1 aromatic heterocycles. The van der Waals surface area contributed by atoms with E-state index >= 15 is 0 Å². The molecule has 60 valence electrons. The summed E-state index contributed by atoms with van der Waals surface area (Å²) in [6.07, 6.45) is 1.53. The minimum absolute atomic E-state index is 0.232. The van der Waals surface area contributed by atoms with Gasteiger partial charge in [-0.25, -0.2) is 4.79 Å². The van der Waals surface area contributed by atoms with Crippen molar-refractivity contribution in [1.29, 1.82) is 0 Å². The Morgan fingerprint density at radius 3 is 2.55 bits per heavy atom. The van der Waals surface area contributed by atoms with E-state index in [4.69, 9.17) is 5.11 Å². The fourth-order valence-electron chi connectivity index (χ4n) is 0.590. The second-order valence-electron chi connectivity index (χ2n) is 1.88. The smallest absolute Gasteiger partial charge is 0.345 e. The van der Waals surface area contributed by atoms with Gasteiger partial charge < -0.3 is 5.11 Å². The maximum Gasteiger partial charge on any atom is 0.345 e. The fourth-order valence-corrected chi connectivity index (χ4v) is 2.16. The summed E-state index contributed by atoms with van der Waals surface area (Å²) in [5.41, 5.74) is 0. The standard InChI is InChI=1S/C6H6O3S2/c1-11(9)5-3-2-4(10-5)6(7)8/h2-3H,1H3,(H,7,8)/t11-/m1/s1. The highest BCUT2D eigenvalue weighted by Gasteiger charge is 2.07. The molecule has 3 nitrogen and oxygen atoms in total. The summed E-state index contributed by atoms with van der Waals surface area (Å²) in [6, 6.07) is 3.04. The van der Waals surface area contributed by atoms with Crippen LogP contribution in [0.5, 0.6) is 0 Å². The van der Waals surface area contributed by atoms with Crippen molar-refractivity contribution in [3.8, 4) is 0 Å². The van der Waals surface area contributed by atoms with E-state index in [1.54, 1.807) is 6.07 Å². The lowest BCUT2D eigenvalue weighted by molar-refractivity contribution is 0.0702. The highest BCUT2D eigenvalue weighted by atomic mass is 32.2. The molecule has 1 atom stereocenters. The van der Waals surface area contributed by atoms with Crippen LogP contribution in [-0.4, -0.2) is 21.5 Å². The molecule has 1 N–H and O–H groups in total. The average molecular weight is 190 g/mol. The van der Waals surface area contributed by atoms with Crippen LogP contribution in [0, 0.1) is 0 Å². The molecule has 0 saturated heterocycles. The first-order chi connectivity index (χ1) is 5.11. The van der Waals surface area contributed by atoms with Gasteiger partial charge in [0.2, 0.25) is 0 Å². The second-order valence-corrected chi connectivity index (χ2v) is 4.57. The molecule has 0 saturated carbocycles. The van der Waals surface area contributed by atoms with Crippen LogP contribution in [0.2, 0.25) is 0 Å². The summed E-state index contributed by atoms with van der Waals surface area (Å²) < 4.78 is 11.4. The van der Waals surface area contributed by atoms with Gasteiger partial charge >= 0.3 is 5.97 Å². The van der Waals surface area contributed by atoms with Crippen molar-refractivity contribution in [1.82, 2.24) is 0 Å². The van der Waals surface area contributed by atoms with Gasteiger partial charge in [-0.3, -0.25) is 4.21 Å². The summed E-state index contributed by atoms with van der Waals surface area (Å²) in [6.45, 7) is 0. The average Bonchev–Trinajstić information content (AvgIpc) is 2.33. The van der Waals surface area contributed by atoms with Crippen LogP contribution in [-0.2, 0) is 10.8 Å². The molecule has 1 heterocycles. The van der Waals surface area contributed by atoms with Gasteiger partial charge in [0.05, 0.1) is 15.0 Å². The highest BCUT2D eigenvalue weighted by molar-refractivity contribution is 7.86. The number of carbonyl (C=O) groups is 1. The maximum absolute atomic E-state index is 10.8. The predicted octanol–water partition coefficient (Wildman–Crippen LogP) is 1.18. The Bertz CT molecular complexity index is 274. The Labute approximate surface area is 70.1 Å². The minimum atomic E-state index is -1.07. The van der Waals surface area contributed by atoms with E-state index in [0.717, 1.165) is 11.3 Å². The molecule has 1 aromatic rings. The molecule has 5 heteroatoms. The Morgan fingerprint density at radius 1 is 1.64 bits per heavy atom. The van der Waals surface area contributed by atoms with E-state index in [9.17, 15) is 9.00 Å². The summed E-state index contributed by atoms with van der Waals surface area (Å²) in [4.78, 5) is 10.6. The van der Waals surface area contributed by atoms with Gasteiger partial charge in [-0.05, 0) is 12.1 Å². The summed E-state index contributed by atoms with van der Waals surface area (Å²) in [7, 11) is -1.07. The van der Waals surface area contributed by atoms with Crippen LogP contribution < -0.4 is 0 Å². The molecule has 1 rings (SSSR count). The Kier molecular flexibility index (Phi) is 2.41. The molecule has 0 bridgehead atoms. The molecule has 0 aromatic carbocycles. The van der Waals surface area contributed by atoms with Crippen LogP contribution in [0.25, 0.3) is 0 Å². The minimum Gasteiger partial charge on any atom is -0.477 e. The molecule has 0 amide bonds. The van der Waals surface area contributed by atoms with Crippen molar-refractivity contribution in [2.24, 2.45) is 0 Å². The summed E-state index contributed by atoms with van der Waals surface area (Å²) in [5, 5.41) is 8.49. The van der Waals surface area contributed by atoms with Crippen molar-refractivity contribution in [2.75, 3.05) is 6.26 Å². The van der Waals surface area contributed by atoms with Gasteiger partial charge in [0, 0.05) is 6.26 Å². The third kappa shape index (κ3) is 1.87. The zero-order valence-electron chi connectivity index (χ0n) is 5.73. The number of carboxylic acid groups (broad SMARTS) is 1. The molecule has 0 unspecified atom stereocenters. The van der Waals surface area contributed by atoms with Crippen LogP contribution in [0.3, 0.4) is 0 Å². The SMILES string of the molecule is C[S@@](=O)c1ccc(C(=O)O)s1. The lowest BCUT2D eigenvalue weighted by Gasteiger charge is -1.84. The third-order valence-corrected chi connectivity index (χ3v) is 3.60. The number of rotatable bonds is 2. The first-order valence-corrected chi connectivity index (χ1v) is 5.15. The van der Waals surface area contributed by atoms with E-state index in [1.807, 2.05) is 0 Å². The van der Waals surface area contributed by atoms with E-state index in [1.165, 1.54) is 12.3 Å². The van der Waals surface area contributed by atoms with Crippen molar-refractivity contribution in [2.45, 2.75) is 4.21 Å². The van der Waals surface area contributed by atoms with Crippen molar-refractivity contribution in [3.63, 3.8) is 0 Å². The molecular weight excluding hydrogens is 184 g/mol. The molecule has 0 aliphatic carbocycles. The normalized spacial score (nSPS) is 12.8. The van der Waals surface area contributed by atoms with Gasteiger partial charge in [0.15, 0.2) is 0 Å². The third-order valence-electron chi connectivity index (χ3n) is 1.08. The lowest BCUT2D eigenvalue weighted by atomic mass is 10.5. The number of aromatic carboxylic acids is 1. The van der Waals surface area contributed by atoms with Crippen molar-refractivity contribution in [3.05, 3.63) is 17.0 Å². The Hall–Kier alpha value is -0.680. The van der Waals surface area contributed by atoms with E-state index in [0.29, 0.717) is 4.21 Å². The van der Waals surface area contributed by atoms with Crippen molar-refractivity contribution >= 4 is 28.1 Å². The predicted molar refractivity (Wildman–Crippen MR) is 43.6 cm³/mol. The zero-order valence-corrected chi connectivity index (χ0v) is 7.37. The molecule has 0 aliphatic rings. The number of thiophene rings is 1. The molecule has 11 heavy (non-hydrogen) atoms. The van der Waals surface area contributed by atoms with Gasteiger partial charge in [-0.1, -0.05) is 0 Å². The molecular formula is C6H6O3S2. The summed E-state index contributed by atoms with van der Waals surface area (Å²) in [5.74, 6) is -0.966. The van der Waals surface area contributed by atoms with E-state index < -0.39 is 16.8 Å². The fraction of sp³-hybridized carbons (Fsp3) is 0.167. The number of carboxylic acids is 1. The van der Waals surface area contributed by atoms with Crippen LogP contribution in [0.15, 0.2) is 16.3 Å². The topological polar surface area (TPSA) is 54.4 Å². The monoisotopic (exact) mass is 190 g/mol. The van der Waals surface area contributed by atoms with Gasteiger partial charge in [0.25, 0.3) is 0 Å². The maximum atomic E-state index is 10.8. The van der Waals surface area contributed by atoms with Gasteiger partial charge in [0.1, 0.15) is 4.88 Å². The molecule has 0 aliphatic heterocycles. The van der Waals surface area contributed by atoms with Crippen LogP contribution in [0.4, 0.5) is 0 Å². The van der Waals surface area contributed by atoms with Crippen molar-refractivity contribution < 1.29 is 14.1 Å². The Morgan fingerprint density at radius 2 is 2.27 bits per heavy atom. The van der Waals surface area contributed by atoms with E-state index in [-0.39, 0.29) is 4.88 Å². The van der Waals surface area contributed by atoms with Gasteiger partial charge in [-0.2, -0.15) is 0 Å². The first kappa shape index (κ1) is 8.42. The lowest BCUT2D eigenvalue weighted by Crippen LogP contribution is -1.89.